The third kappa shape index (κ3) is 10.4. The molecule has 75 heavy (non-hydrogen) atoms. The van der Waals surface area contributed by atoms with Crippen LogP contribution in [0.3, 0.4) is 0 Å². The Labute approximate surface area is 432 Å². The van der Waals surface area contributed by atoms with E-state index in [0.29, 0.717) is 107 Å². The Hall–Kier alpha value is -9.59. The van der Waals surface area contributed by atoms with Crippen molar-refractivity contribution in [3.8, 4) is 34.7 Å². The first kappa shape index (κ1) is 49.0. The summed E-state index contributed by atoms with van der Waals surface area (Å²) in [4.78, 5) is 50.8. The van der Waals surface area contributed by atoms with Crippen LogP contribution in [0.25, 0.3) is 44.3 Å². The van der Waals surface area contributed by atoms with E-state index in [1.807, 2.05) is 52.4 Å². The molecule has 2 aliphatic rings. The average Bonchev–Trinajstić information content (AvgIpc) is 4.07. The van der Waals surface area contributed by atoms with Crippen LogP contribution >= 0.6 is 0 Å². The molecule has 18 nitrogen and oxygen atoms in total. The lowest BCUT2D eigenvalue weighted by Crippen LogP contribution is -2.42. The normalized spacial score (nSPS) is 14.1. The molecule has 5 aromatic carbocycles. The van der Waals surface area contributed by atoms with Gasteiger partial charge in [-0.1, -0.05) is 54.6 Å². The maximum atomic E-state index is 13.6. The highest BCUT2D eigenvalue weighted by Gasteiger charge is 2.28. The summed E-state index contributed by atoms with van der Waals surface area (Å²) in [6, 6.07) is 41.7. The molecule has 7 N–H and O–H groups in total. The largest absolute Gasteiger partial charge is 0.399 e. The standard InChI is InChI=1S/C31H27N7O3S.C25H23N7O/c32-18-22-19-34-31(35-24-14-16-37(17-15-24)30(39)21-10-12-23(33)13-11-21)36-29(22)27-20-38(28-9-5-4-8-26(27)28)42(40,41)25-6-2-1-3-7-25;26-13-17-14-29-25(31-23(17)21-15-28-22-4-2-1-3-20(21)22)30-19-9-11-32(12-10-19)24(33)16-5-7-18(27)8-6-16/h1-13,19-20,24H,14-17,33H2,(H,34,35,36);1-8,14-15,19,28H,9-12,27H2,(H,29,30,31). The number of H-pyrrole nitrogens is 1. The molecule has 6 heterocycles. The van der Waals surface area contributed by atoms with Crippen molar-refractivity contribution in [1.82, 2.24) is 38.7 Å². The van der Waals surface area contributed by atoms with Crippen LogP contribution in [-0.4, -0.2) is 97.2 Å². The van der Waals surface area contributed by atoms with Gasteiger partial charge in [-0.2, -0.15) is 10.5 Å². The zero-order valence-corrected chi connectivity index (χ0v) is 41.3. The number of benzene rings is 5. The minimum absolute atomic E-state index is 0.0149. The van der Waals surface area contributed by atoms with E-state index in [9.17, 15) is 28.5 Å². The highest BCUT2D eigenvalue weighted by molar-refractivity contribution is 7.90. The van der Waals surface area contributed by atoms with Gasteiger partial charge in [0.15, 0.2) is 0 Å². The van der Waals surface area contributed by atoms with Crippen LogP contribution in [0.15, 0.2) is 157 Å². The van der Waals surface area contributed by atoms with Crippen molar-refractivity contribution in [2.24, 2.45) is 0 Å². The first-order chi connectivity index (χ1) is 36.5. The lowest BCUT2D eigenvalue weighted by atomic mass is 10.0. The van der Waals surface area contributed by atoms with Crippen molar-refractivity contribution in [2.75, 3.05) is 48.3 Å². The molecule has 2 fully saturated rings. The molecular weight excluding hydrogens is 965 g/mol. The Balaban J connectivity index is 0.000000176. The van der Waals surface area contributed by atoms with E-state index in [4.69, 9.17) is 16.5 Å². The monoisotopic (exact) mass is 1010 g/mol. The maximum Gasteiger partial charge on any atom is 0.268 e. The number of carbonyl (C=O) groups excluding carboxylic acids is 2. The maximum absolute atomic E-state index is 13.6. The molecular formula is C56H50N14O4S. The predicted molar refractivity (Wildman–Crippen MR) is 288 cm³/mol. The number of fused-ring (bicyclic) bond motifs is 2. The van der Waals surface area contributed by atoms with Gasteiger partial charge >= 0.3 is 0 Å². The summed E-state index contributed by atoms with van der Waals surface area (Å²) in [5.41, 5.74) is 18.4. The number of nitrogens with two attached hydrogens (primary N) is 2. The molecule has 0 aliphatic carbocycles. The van der Waals surface area contributed by atoms with E-state index in [-0.39, 0.29) is 34.4 Å². The van der Waals surface area contributed by atoms with Crippen LogP contribution < -0.4 is 22.1 Å². The smallest absolute Gasteiger partial charge is 0.268 e. The molecule has 2 aliphatic heterocycles. The molecule has 0 saturated carbocycles. The van der Waals surface area contributed by atoms with Gasteiger partial charge in [0.2, 0.25) is 11.9 Å². The van der Waals surface area contributed by atoms with Crippen LogP contribution in [0.1, 0.15) is 57.5 Å². The second kappa shape index (κ2) is 21.2. The van der Waals surface area contributed by atoms with E-state index < -0.39 is 10.0 Å². The fourth-order valence-corrected chi connectivity index (χ4v) is 10.8. The van der Waals surface area contributed by atoms with Gasteiger partial charge in [0.25, 0.3) is 21.8 Å². The van der Waals surface area contributed by atoms with Crippen molar-refractivity contribution >= 4 is 66.9 Å². The van der Waals surface area contributed by atoms with Gasteiger partial charge in [-0.15, -0.1) is 0 Å². The third-order valence-corrected chi connectivity index (χ3v) is 15.1. The van der Waals surface area contributed by atoms with Crippen molar-refractivity contribution in [3.05, 3.63) is 174 Å². The second-order valence-corrected chi connectivity index (χ2v) is 20.0. The topological polar surface area (TPSA) is 271 Å². The molecule has 4 aromatic heterocycles. The SMILES string of the molecule is N#Cc1cnc(NC2CCN(C(=O)c3ccc(N)cc3)CC2)nc1-c1c[nH]c2ccccc12.N#Cc1cnc(NC2CCN(C(=O)c3ccc(N)cc3)CC2)nc1-c1cn(S(=O)(=O)c2ccccc2)c2ccccc12. The number of para-hydroxylation sites is 2. The Morgan fingerprint density at radius 1 is 0.600 bits per heavy atom. The third-order valence-electron chi connectivity index (χ3n) is 13.4. The number of hydrogen-bond acceptors (Lipinski definition) is 14. The summed E-state index contributed by atoms with van der Waals surface area (Å²) < 4.78 is 28.4. The van der Waals surface area contributed by atoms with Crippen LogP contribution in [0.5, 0.6) is 0 Å². The minimum atomic E-state index is -3.90. The molecule has 374 valence electrons. The lowest BCUT2D eigenvalue weighted by Gasteiger charge is -2.32. The Morgan fingerprint density at radius 2 is 1.07 bits per heavy atom. The van der Waals surface area contributed by atoms with E-state index >= 15 is 0 Å². The fourth-order valence-electron chi connectivity index (χ4n) is 9.42. The molecule has 0 radical (unpaired) electrons. The van der Waals surface area contributed by atoms with E-state index in [2.05, 4.69) is 42.7 Å². The number of likely N-dealkylation sites (tertiary alicyclic amines) is 2. The first-order valence-electron chi connectivity index (χ1n) is 24.3. The van der Waals surface area contributed by atoms with Gasteiger partial charge in [-0.25, -0.2) is 32.3 Å². The fraction of sp³-hybridized carbons (Fsp3) is 0.179. The molecule has 0 spiro atoms. The summed E-state index contributed by atoms with van der Waals surface area (Å²) in [5, 5.41) is 27.9. The quantitative estimate of drug-likeness (QED) is 0.0807. The van der Waals surface area contributed by atoms with E-state index in [1.165, 1.54) is 16.4 Å². The Kier molecular flexibility index (Phi) is 13.9. The highest BCUT2D eigenvalue weighted by atomic mass is 32.2. The van der Waals surface area contributed by atoms with Crippen molar-refractivity contribution < 1.29 is 18.0 Å². The number of rotatable bonds is 10. The lowest BCUT2D eigenvalue weighted by molar-refractivity contribution is 0.0710. The van der Waals surface area contributed by atoms with Crippen LogP contribution in [-0.2, 0) is 10.0 Å². The van der Waals surface area contributed by atoms with Gasteiger partial charge in [0.05, 0.1) is 45.3 Å². The molecule has 0 atom stereocenters. The molecule has 2 amide bonds. The van der Waals surface area contributed by atoms with Crippen LogP contribution in [0, 0.1) is 22.7 Å². The molecule has 0 bridgehead atoms. The Morgan fingerprint density at radius 3 is 1.59 bits per heavy atom. The van der Waals surface area contributed by atoms with Crippen molar-refractivity contribution in [3.63, 3.8) is 0 Å². The minimum Gasteiger partial charge on any atom is -0.399 e. The van der Waals surface area contributed by atoms with Crippen molar-refractivity contribution in [1.29, 1.82) is 10.5 Å². The van der Waals surface area contributed by atoms with Gasteiger partial charge in [0.1, 0.15) is 12.1 Å². The number of nitrogens with zero attached hydrogens (tertiary/aromatic N) is 9. The number of nitrogen functional groups attached to an aromatic ring is 2. The zero-order valence-electron chi connectivity index (χ0n) is 40.5. The van der Waals surface area contributed by atoms with Crippen LogP contribution in [0.2, 0.25) is 0 Å². The van der Waals surface area contributed by atoms with Gasteiger partial charge in [-0.3, -0.25) is 9.59 Å². The summed E-state index contributed by atoms with van der Waals surface area (Å²) in [6.07, 6.45) is 9.34. The number of anilines is 4. The van der Waals surface area contributed by atoms with Gasteiger partial charge in [0, 0.05) is 101 Å². The summed E-state index contributed by atoms with van der Waals surface area (Å²) in [6.45, 7) is 2.42. The zero-order chi connectivity index (χ0) is 52.1. The number of nitrogens with one attached hydrogen (secondary N) is 3. The number of amides is 2. The number of hydrogen-bond donors (Lipinski definition) is 5. The molecule has 19 heteroatoms. The van der Waals surface area contributed by atoms with E-state index in [0.717, 1.165) is 29.3 Å². The molecule has 2 saturated heterocycles. The highest BCUT2D eigenvalue weighted by Crippen LogP contribution is 2.35. The number of aromatic amines is 1. The number of carbonyl (C=O) groups is 2. The molecule has 9 aromatic rings. The number of piperidine rings is 2. The number of aromatic nitrogens is 6. The van der Waals surface area contributed by atoms with Crippen LogP contribution in [0.4, 0.5) is 23.3 Å². The predicted octanol–water partition coefficient (Wildman–Crippen LogP) is 8.30. The van der Waals surface area contributed by atoms with Gasteiger partial charge < -0.3 is 36.9 Å². The number of nitriles is 2. The molecule has 0 unspecified atom stereocenters. The summed E-state index contributed by atoms with van der Waals surface area (Å²) in [7, 11) is -3.90. The summed E-state index contributed by atoms with van der Waals surface area (Å²) in [5.74, 6) is 0.796. The summed E-state index contributed by atoms with van der Waals surface area (Å²) >= 11 is 0. The van der Waals surface area contributed by atoms with Crippen molar-refractivity contribution in [2.45, 2.75) is 42.7 Å². The average molecular weight is 1020 g/mol. The van der Waals surface area contributed by atoms with E-state index in [1.54, 1.807) is 97.2 Å². The Bertz CT molecular complexity index is 3760. The first-order valence-corrected chi connectivity index (χ1v) is 25.8. The molecule has 11 rings (SSSR count). The van der Waals surface area contributed by atoms with Gasteiger partial charge in [-0.05, 0) is 98.5 Å². The second-order valence-electron chi connectivity index (χ2n) is 18.2.